The number of imide groups is 1. The SMILES string of the molecule is CCCC(CCC)C(=O)N1CC(c2ccccc2)C(C(=O)OCC)C1=O. The highest BCUT2D eigenvalue weighted by Gasteiger charge is 2.49. The molecule has 2 atom stereocenters. The fourth-order valence-electron chi connectivity index (χ4n) is 3.73. The lowest BCUT2D eigenvalue weighted by molar-refractivity contribution is -0.154. The van der Waals surface area contributed by atoms with Crippen LogP contribution in [0.15, 0.2) is 30.3 Å². The van der Waals surface area contributed by atoms with Crippen molar-refractivity contribution in [3.63, 3.8) is 0 Å². The third kappa shape index (κ3) is 4.32. The summed E-state index contributed by atoms with van der Waals surface area (Å²) in [4.78, 5) is 39.7. The van der Waals surface area contributed by atoms with Gasteiger partial charge >= 0.3 is 5.97 Å². The first-order chi connectivity index (χ1) is 12.5. The van der Waals surface area contributed by atoms with Crippen LogP contribution in [0.1, 0.15) is 57.9 Å². The summed E-state index contributed by atoms with van der Waals surface area (Å²) in [6.45, 7) is 6.25. The van der Waals surface area contributed by atoms with Crippen LogP contribution >= 0.6 is 0 Å². The van der Waals surface area contributed by atoms with Crippen LogP contribution in [0.25, 0.3) is 0 Å². The topological polar surface area (TPSA) is 63.7 Å². The molecule has 2 unspecified atom stereocenters. The predicted molar refractivity (Wildman–Crippen MR) is 99.3 cm³/mol. The van der Waals surface area contributed by atoms with Crippen molar-refractivity contribution < 1.29 is 19.1 Å². The van der Waals surface area contributed by atoms with Crippen LogP contribution < -0.4 is 0 Å². The number of benzene rings is 1. The maximum atomic E-state index is 13.0. The Labute approximate surface area is 155 Å². The molecule has 142 valence electrons. The van der Waals surface area contributed by atoms with Crippen molar-refractivity contribution in [2.45, 2.75) is 52.4 Å². The molecule has 2 amide bonds. The lowest BCUT2D eigenvalue weighted by Gasteiger charge is -2.21. The first-order valence-corrected chi connectivity index (χ1v) is 9.61. The number of nitrogens with zero attached hydrogens (tertiary/aromatic N) is 1. The predicted octanol–water partition coefficient (Wildman–Crippen LogP) is 3.53. The van der Waals surface area contributed by atoms with Gasteiger partial charge in [-0.2, -0.15) is 0 Å². The van der Waals surface area contributed by atoms with Gasteiger partial charge in [-0.15, -0.1) is 0 Å². The van der Waals surface area contributed by atoms with E-state index < -0.39 is 17.8 Å². The van der Waals surface area contributed by atoms with Gasteiger partial charge in [0.1, 0.15) is 5.92 Å². The van der Waals surface area contributed by atoms with E-state index in [4.69, 9.17) is 4.74 Å². The summed E-state index contributed by atoms with van der Waals surface area (Å²) in [5, 5.41) is 0. The number of likely N-dealkylation sites (tertiary alicyclic amines) is 1. The Morgan fingerprint density at radius 1 is 1.12 bits per heavy atom. The van der Waals surface area contributed by atoms with Crippen LogP contribution in [0, 0.1) is 11.8 Å². The summed E-state index contributed by atoms with van der Waals surface area (Å²) in [7, 11) is 0. The molecule has 5 heteroatoms. The van der Waals surface area contributed by atoms with Crippen molar-refractivity contribution in [2.75, 3.05) is 13.2 Å². The minimum atomic E-state index is -0.940. The molecule has 1 aliphatic heterocycles. The lowest BCUT2D eigenvalue weighted by Crippen LogP contribution is -2.39. The quantitative estimate of drug-likeness (QED) is 0.526. The molecular formula is C21H29NO4. The third-order valence-electron chi connectivity index (χ3n) is 4.97. The van der Waals surface area contributed by atoms with Gasteiger partial charge in [0.2, 0.25) is 11.8 Å². The largest absolute Gasteiger partial charge is 0.465 e. The number of esters is 1. The molecule has 0 N–H and O–H groups in total. The summed E-state index contributed by atoms with van der Waals surface area (Å²) >= 11 is 0. The summed E-state index contributed by atoms with van der Waals surface area (Å²) in [5.74, 6) is -2.55. The van der Waals surface area contributed by atoms with Crippen molar-refractivity contribution in [3.8, 4) is 0 Å². The minimum absolute atomic E-state index is 0.147. The second kappa shape index (κ2) is 9.51. The monoisotopic (exact) mass is 359 g/mol. The molecule has 0 saturated carbocycles. The number of amides is 2. The number of rotatable bonds is 8. The molecule has 0 aromatic heterocycles. The number of carbonyl (C=O) groups excluding carboxylic acids is 3. The maximum Gasteiger partial charge on any atom is 0.319 e. The molecule has 1 heterocycles. The van der Waals surface area contributed by atoms with Crippen molar-refractivity contribution >= 4 is 17.8 Å². The van der Waals surface area contributed by atoms with Crippen molar-refractivity contribution in [2.24, 2.45) is 11.8 Å². The fourth-order valence-corrected chi connectivity index (χ4v) is 3.73. The zero-order valence-corrected chi connectivity index (χ0v) is 15.9. The van der Waals surface area contributed by atoms with Gasteiger partial charge in [-0.3, -0.25) is 19.3 Å². The van der Waals surface area contributed by atoms with Gasteiger partial charge in [0.05, 0.1) is 6.61 Å². The fraction of sp³-hybridized carbons (Fsp3) is 0.571. The molecule has 0 bridgehead atoms. The van der Waals surface area contributed by atoms with Crippen LogP contribution in [0.5, 0.6) is 0 Å². The van der Waals surface area contributed by atoms with E-state index >= 15 is 0 Å². The average Bonchev–Trinajstić information content (AvgIpc) is 2.99. The van der Waals surface area contributed by atoms with Crippen LogP contribution in [-0.4, -0.2) is 35.8 Å². The maximum absolute atomic E-state index is 13.0. The molecule has 1 saturated heterocycles. The van der Waals surface area contributed by atoms with E-state index in [0.717, 1.165) is 31.2 Å². The Hall–Kier alpha value is -2.17. The van der Waals surface area contributed by atoms with E-state index in [0.29, 0.717) is 0 Å². The van der Waals surface area contributed by atoms with E-state index in [-0.39, 0.29) is 30.9 Å². The summed E-state index contributed by atoms with van der Waals surface area (Å²) in [5.41, 5.74) is 0.886. The highest BCUT2D eigenvalue weighted by atomic mass is 16.5. The van der Waals surface area contributed by atoms with E-state index in [1.54, 1.807) is 6.92 Å². The van der Waals surface area contributed by atoms with Crippen LogP contribution in [0.3, 0.4) is 0 Å². The normalized spacial score (nSPS) is 19.8. The van der Waals surface area contributed by atoms with Gasteiger partial charge in [0.15, 0.2) is 0 Å². The first-order valence-electron chi connectivity index (χ1n) is 9.61. The van der Waals surface area contributed by atoms with Gasteiger partial charge in [-0.05, 0) is 25.3 Å². The van der Waals surface area contributed by atoms with Crippen molar-refractivity contribution in [3.05, 3.63) is 35.9 Å². The third-order valence-corrected chi connectivity index (χ3v) is 4.97. The smallest absolute Gasteiger partial charge is 0.319 e. The number of hydrogen-bond acceptors (Lipinski definition) is 4. The Kier molecular flexibility index (Phi) is 7.37. The number of carbonyl (C=O) groups is 3. The molecule has 0 spiro atoms. The van der Waals surface area contributed by atoms with E-state index in [1.807, 2.05) is 44.2 Å². The molecule has 2 rings (SSSR count). The van der Waals surface area contributed by atoms with Gasteiger partial charge in [0, 0.05) is 18.4 Å². The highest BCUT2D eigenvalue weighted by Crippen LogP contribution is 2.36. The van der Waals surface area contributed by atoms with Gasteiger partial charge in [-0.1, -0.05) is 57.0 Å². The van der Waals surface area contributed by atoms with Crippen molar-refractivity contribution in [1.82, 2.24) is 4.90 Å². The van der Waals surface area contributed by atoms with Gasteiger partial charge in [0.25, 0.3) is 0 Å². The second-order valence-electron chi connectivity index (χ2n) is 6.81. The van der Waals surface area contributed by atoms with Gasteiger partial charge < -0.3 is 4.74 Å². The second-order valence-corrected chi connectivity index (χ2v) is 6.81. The minimum Gasteiger partial charge on any atom is -0.465 e. The molecule has 26 heavy (non-hydrogen) atoms. The molecule has 1 aliphatic rings. The zero-order chi connectivity index (χ0) is 19.1. The molecule has 0 aliphatic carbocycles. The van der Waals surface area contributed by atoms with E-state index in [9.17, 15) is 14.4 Å². The first kappa shape index (κ1) is 20.1. The average molecular weight is 359 g/mol. The molecule has 1 aromatic carbocycles. The summed E-state index contributed by atoms with van der Waals surface area (Å²) in [6.07, 6.45) is 3.30. The molecule has 5 nitrogen and oxygen atoms in total. The summed E-state index contributed by atoms with van der Waals surface area (Å²) in [6, 6.07) is 9.44. The lowest BCUT2D eigenvalue weighted by atomic mass is 9.89. The van der Waals surface area contributed by atoms with E-state index in [1.165, 1.54) is 4.90 Å². The zero-order valence-electron chi connectivity index (χ0n) is 15.9. The Balaban J connectivity index is 2.30. The molecule has 0 radical (unpaired) electrons. The Morgan fingerprint density at radius 2 is 1.73 bits per heavy atom. The number of hydrogen-bond donors (Lipinski definition) is 0. The van der Waals surface area contributed by atoms with Gasteiger partial charge in [-0.25, -0.2) is 0 Å². The molecule has 1 aromatic rings. The Morgan fingerprint density at radius 3 is 2.27 bits per heavy atom. The Bertz CT molecular complexity index is 622. The number of ether oxygens (including phenoxy) is 1. The van der Waals surface area contributed by atoms with Crippen molar-refractivity contribution in [1.29, 1.82) is 0 Å². The van der Waals surface area contributed by atoms with Crippen LogP contribution in [-0.2, 0) is 19.1 Å². The summed E-state index contributed by atoms with van der Waals surface area (Å²) < 4.78 is 5.13. The van der Waals surface area contributed by atoms with E-state index in [2.05, 4.69) is 0 Å². The highest BCUT2D eigenvalue weighted by molar-refractivity contribution is 6.08. The standard InChI is InChI=1S/C21H29NO4/c1-4-10-16(11-5-2)19(23)22-14-17(15-12-8-7-9-13-15)18(20(22)24)21(25)26-6-3/h7-9,12-13,16-18H,4-6,10-11,14H2,1-3H3. The molecule has 1 fully saturated rings. The van der Waals surface area contributed by atoms with Crippen LogP contribution in [0.4, 0.5) is 0 Å². The van der Waals surface area contributed by atoms with Crippen LogP contribution in [0.2, 0.25) is 0 Å². The molecular weight excluding hydrogens is 330 g/mol.